The van der Waals surface area contributed by atoms with E-state index in [4.69, 9.17) is 4.74 Å². The molecule has 1 aromatic heterocycles. The van der Waals surface area contributed by atoms with Gasteiger partial charge in [0.1, 0.15) is 4.90 Å². The maximum Gasteiger partial charge on any atom is 0.179 e. The number of fused-ring (bicyclic) bond motifs is 1. The van der Waals surface area contributed by atoms with Crippen molar-refractivity contribution in [2.75, 3.05) is 37.5 Å². The summed E-state index contributed by atoms with van der Waals surface area (Å²) in [6.07, 6.45) is 3.71. The number of nitrogens with zero attached hydrogens (tertiary/aromatic N) is 2. The molecule has 1 saturated carbocycles. The second-order valence-electron chi connectivity index (χ2n) is 6.80. The second-order valence-corrected chi connectivity index (χ2v) is 8.75. The number of ether oxygens (including phenoxy) is 1. The Morgan fingerprint density at radius 1 is 1.21 bits per heavy atom. The lowest BCUT2D eigenvalue weighted by atomic mass is 10.0. The lowest BCUT2D eigenvalue weighted by molar-refractivity contribution is 0.122. The number of aromatic nitrogens is 1. The molecule has 0 unspecified atom stereocenters. The number of benzene rings is 1. The average Bonchev–Trinajstić information content (AvgIpc) is 3.38. The lowest BCUT2D eigenvalue weighted by Gasteiger charge is -2.31. The number of pyridine rings is 1. The first-order valence-corrected chi connectivity index (χ1v) is 10.3. The van der Waals surface area contributed by atoms with Gasteiger partial charge in [0.25, 0.3) is 0 Å². The summed E-state index contributed by atoms with van der Waals surface area (Å²) in [6, 6.07) is 6.32. The highest BCUT2D eigenvalue weighted by Crippen LogP contribution is 2.43. The van der Waals surface area contributed by atoms with E-state index in [1.807, 2.05) is 6.07 Å². The minimum Gasteiger partial charge on any atom is -0.378 e. The van der Waals surface area contributed by atoms with Crippen LogP contribution in [0, 0.1) is 6.92 Å². The number of hydrogen-bond donors (Lipinski definition) is 0. The van der Waals surface area contributed by atoms with Crippen LogP contribution < -0.4 is 4.90 Å². The highest BCUT2D eigenvalue weighted by molar-refractivity contribution is 7.91. The summed E-state index contributed by atoms with van der Waals surface area (Å²) in [4.78, 5) is 7.09. The number of anilines is 1. The van der Waals surface area contributed by atoms with E-state index in [1.165, 1.54) is 24.7 Å². The van der Waals surface area contributed by atoms with Crippen molar-refractivity contribution in [3.05, 3.63) is 29.5 Å². The Kier molecular flexibility index (Phi) is 3.77. The summed E-state index contributed by atoms with van der Waals surface area (Å²) in [5.74, 6) is 0.620. The number of morpholine rings is 1. The Morgan fingerprint density at radius 3 is 2.54 bits per heavy atom. The fourth-order valence-electron chi connectivity index (χ4n) is 3.58. The van der Waals surface area contributed by atoms with Gasteiger partial charge in [-0.2, -0.15) is 0 Å². The van der Waals surface area contributed by atoms with Crippen molar-refractivity contribution < 1.29 is 13.2 Å². The van der Waals surface area contributed by atoms with Crippen LogP contribution in [0.15, 0.2) is 23.1 Å². The normalized spacial score (nSPS) is 19.0. The van der Waals surface area contributed by atoms with Crippen LogP contribution >= 0.6 is 0 Å². The third-order valence-electron chi connectivity index (χ3n) is 4.85. The number of aryl methyl sites for hydroxylation is 1. The van der Waals surface area contributed by atoms with Crippen LogP contribution in [0.3, 0.4) is 0 Å². The van der Waals surface area contributed by atoms with Crippen molar-refractivity contribution in [1.29, 1.82) is 0 Å². The molecule has 1 aromatic carbocycles. The van der Waals surface area contributed by atoms with E-state index < -0.39 is 9.84 Å². The molecule has 2 heterocycles. The summed E-state index contributed by atoms with van der Waals surface area (Å²) in [5.41, 5.74) is 3.55. The number of hydrogen-bond acceptors (Lipinski definition) is 5. The number of rotatable bonds is 3. The highest BCUT2D eigenvalue weighted by atomic mass is 32.2. The minimum absolute atomic E-state index is 0.366. The van der Waals surface area contributed by atoms with Gasteiger partial charge >= 0.3 is 0 Å². The molecule has 2 aromatic rings. The predicted octanol–water partition coefficient (Wildman–Crippen LogP) is 2.66. The summed E-state index contributed by atoms with van der Waals surface area (Å²) < 4.78 is 30.4. The van der Waals surface area contributed by atoms with Crippen LogP contribution in [0.5, 0.6) is 0 Å². The van der Waals surface area contributed by atoms with Gasteiger partial charge in [0.15, 0.2) is 9.84 Å². The molecule has 0 radical (unpaired) electrons. The first-order chi connectivity index (χ1) is 11.4. The molecule has 128 valence electrons. The van der Waals surface area contributed by atoms with Crippen LogP contribution in [0.2, 0.25) is 0 Å². The molecule has 0 amide bonds. The van der Waals surface area contributed by atoms with Gasteiger partial charge < -0.3 is 9.64 Å². The Bertz CT molecular complexity index is 898. The molecule has 0 spiro atoms. The molecule has 0 bridgehead atoms. The molecule has 1 aliphatic carbocycles. The van der Waals surface area contributed by atoms with E-state index in [0.717, 1.165) is 16.6 Å². The maximum atomic E-state index is 12.5. The minimum atomic E-state index is -3.37. The van der Waals surface area contributed by atoms with E-state index in [2.05, 4.69) is 22.0 Å². The average molecular weight is 346 g/mol. The smallest absolute Gasteiger partial charge is 0.179 e. The number of sulfone groups is 1. The molecule has 2 fully saturated rings. The molecular formula is C18H22N2O3S. The summed E-state index contributed by atoms with van der Waals surface area (Å²) in [7, 11) is -3.37. The predicted molar refractivity (Wildman–Crippen MR) is 94.6 cm³/mol. The van der Waals surface area contributed by atoms with Crippen molar-refractivity contribution >= 4 is 26.4 Å². The first kappa shape index (κ1) is 15.8. The summed E-state index contributed by atoms with van der Waals surface area (Å²) in [6.45, 7) is 4.43. The van der Waals surface area contributed by atoms with E-state index in [-0.39, 0.29) is 0 Å². The second kappa shape index (κ2) is 5.70. The zero-order valence-electron chi connectivity index (χ0n) is 14.1. The third-order valence-corrected chi connectivity index (χ3v) is 6.08. The molecule has 1 saturated heterocycles. The summed E-state index contributed by atoms with van der Waals surface area (Å²) in [5, 5.41) is 0.951. The molecule has 5 nitrogen and oxygen atoms in total. The van der Waals surface area contributed by atoms with Crippen LogP contribution in [0.1, 0.15) is 30.0 Å². The van der Waals surface area contributed by atoms with Crippen molar-refractivity contribution in [2.24, 2.45) is 0 Å². The Hall–Kier alpha value is -1.66. The largest absolute Gasteiger partial charge is 0.378 e. The topological polar surface area (TPSA) is 59.5 Å². The molecule has 0 N–H and O–H groups in total. The molecule has 6 heteroatoms. The monoisotopic (exact) mass is 346 g/mol. The molecule has 24 heavy (non-hydrogen) atoms. The standard InChI is InChI=1S/C18H22N2O3S/c1-12-18(24(2,21)22)17(20-7-9-23-10-8-20)15-11-14(13-3-4-13)5-6-16(15)19-12/h5-6,11,13H,3-4,7-10H2,1-2H3. The van der Waals surface area contributed by atoms with Gasteiger partial charge in [-0.15, -0.1) is 0 Å². The SMILES string of the molecule is Cc1nc2ccc(C3CC3)cc2c(N2CCOCC2)c1S(C)(=O)=O. The summed E-state index contributed by atoms with van der Waals surface area (Å²) >= 11 is 0. The Labute approximate surface area is 142 Å². The van der Waals surface area contributed by atoms with E-state index in [1.54, 1.807) is 6.92 Å². The van der Waals surface area contributed by atoms with Gasteiger partial charge in [0.2, 0.25) is 0 Å². The van der Waals surface area contributed by atoms with Gasteiger partial charge in [-0.1, -0.05) is 6.07 Å². The first-order valence-electron chi connectivity index (χ1n) is 8.42. The van der Waals surface area contributed by atoms with Crippen LogP contribution in [-0.2, 0) is 14.6 Å². The fourth-order valence-corrected chi connectivity index (χ4v) is 4.75. The van der Waals surface area contributed by atoms with Gasteiger partial charge in [-0.3, -0.25) is 4.98 Å². The van der Waals surface area contributed by atoms with Gasteiger partial charge in [0, 0.05) is 24.7 Å². The van der Waals surface area contributed by atoms with Crippen LogP contribution in [0.25, 0.3) is 10.9 Å². The molecule has 1 aliphatic heterocycles. The Morgan fingerprint density at radius 2 is 1.92 bits per heavy atom. The van der Waals surface area contributed by atoms with Gasteiger partial charge in [-0.25, -0.2) is 8.42 Å². The van der Waals surface area contributed by atoms with Crippen molar-refractivity contribution in [2.45, 2.75) is 30.6 Å². The molecular weight excluding hydrogens is 324 g/mol. The fraction of sp³-hybridized carbons (Fsp3) is 0.500. The molecule has 2 aliphatic rings. The Balaban J connectivity index is 2.02. The van der Waals surface area contributed by atoms with E-state index >= 15 is 0 Å². The zero-order chi connectivity index (χ0) is 16.9. The van der Waals surface area contributed by atoms with Crippen molar-refractivity contribution in [3.8, 4) is 0 Å². The lowest BCUT2D eigenvalue weighted by Crippen LogP contribution is -2.37. The quantitative estimate of drug-likeness (QED) is 0.855. The van der Waals surface area contributed by atoms with Crippen LogP contribution in [-0.4, -0.2) is 46.0 Å². The van der Waals surface area contributed by atoms with E-state index in [0.29, 0.717) is 42.8 Å². The third kappa shape index (κ3) is 2.78. The molecule has 0 atom stereocenters. The van der Waals surface area contributed by atoms with Gasteiger partial charge in [0.05, 0.1) is 30.1 Å². The maximum absolute atomic E-state index is 12.5. The van der Waals surface area contributed by atoms with Crippen molar-refractivity contribution in [3.63, 3.8) is 0 Å². The molecule has 4 rings (SSSR count). The zero-order valence-corrected chi connectivity index (χ0v) is 14.9. The van der Waals surface area contributed by atoms with Crippen LogP contribution in [0.4, 0.5) is 5.69 Å². The highest BCUT2D eigenvalue weighted by Gasteiger charge is 2.28. The van der Waals surface area contributed by atoms with Gasteiger partial charge in [-0.05, 0) is 43.4 Å². The van der Waals surface area contributed by atoms with E-state index in [9.17, 15) is 8.42 Å². The van der Waals surface area contributed by atoms with Crippen molar-refractivity contribution in [1.82, 2.24) is 4.98 Å².